The number of hydrogen-bond donors (Lipinski definition) is 1. The standard InChI is InChI=1S/C21H26Cl2N2O4S/c1-13-7-6-8-18(15(13)3)24-19(26)12-25(9-10-29-5)30(27,28)21-16(4)17(22)11-14(2)20(21)23/h6-8,11H,9-10,12H2,1-5H3,(H,24,26). The minimum Gasteiger partial charge on any atom is -0.383 e. The highest BCUT2D eigenvalue weighted by molar-refractivity contribution is 7.89. The molecule has 0 saturated carbocycles. The number of nitrogens with one attached hydrogen (secondary N) is 1. The van der Waals surface area contributed by atoms with E-state index in [1.807, 2.05) is 26.0 Å². The smallest absolute Gasteiger partial charge is 0.245 e. The fourth-order valence-corrected chi connectivity index (χ4v) is 5.51. The highest BCUT2D eigenvalue weighted by Gasteiger charge is 2.31. The van der Waals surface area contributed by atoms with Crippen LogP contribution >= 0.6 is 23.2 Å². The maximum Gasteiger partial charge on any atom is 0.245 e. The third-order valence-electron chi connectivity index (χ3n) is 4.93. The molecule has 1 amide bonds. The van der Waals surface area contributed by atoms with Gasteiger partial charge < -0.3 is 10.1 Å². The van der Waals surface area contributed by atoms with Gasteiger partial charge in [0.05, 0.1) is 18.2 Å². The molecule has 0 aliphatic rings. The lowest BCUT2D eigenvalue weighted by Gasteiger charge is -2.24. The number of carbonyl (C=O) groups excluding carboxylic acids is 1. The van der Waals surface area contributed by atoms with E-state index in [-0.39, 0.29) is 29.6 Å². The van der Waals surface area contributed by atoms with Gasteiger partial charge in [0.25, 0.3) is 0 Å². The minimum atomic E-state index is -4.11. The Morgan fingerprint density at radius 2 is 1.77 bits per heavy atom. The molecule has 164 valence electrons. The van der Waals surface area contributed by atoms with Crippen molar-refractivity contribution in [3.05, 3.63) is 56.6 Å². The van der Waals surface area contributed by atoms with Gasteiger partial charge in [0.2, 0.25) is 15.9 Å². The van der Waals surface area contributed by atoms with Gasteiger partial charge in [-0.05, 0) is 62.1 Å². The molecular weight excluding hydrogens is 447 g/mol. The summed E-state index contributed by atoms with van der Waals surface area (Å²) in [7, 11) is -2.65. The molecule has 0 saturated heterocycles. The Morgan fingerprint density at radius 1 is 1.10 bits per heavy atom. The minimum absolute atomic E-state index is 0.0135. The van der Waals surface area contributed by atoms with Crippen molar-refractivity contribution in [3.63, 3.8) is 0 Å². The summed E-state index contributed by atoms with van der Waals surface area (Å²) in [5, 5.41) is 3.17. The lowest BCUT2D eigenvalue weighted by atomic mass is 10.1. The number of hydrogen-bond acceptors (Lipinski definition) is 4. The summed E-state index contributed by atoms with van der Waals surface area (Å²) in [6, 6.07) is 7.16. The average molecular weight is 473 g/mol. The van der Waals surface area contributed by atoms with Crippen molar-refractivity contribution in [1.82, 2.24) is 4.31 Å². The van der Waals surface area contributed by atoms with Crippen LogP contribution in [0.5, 0.6) is 0 Å². The zero-order valence-corrected chi connectivity index (χ0v) is 20.0. The third kappa shape index (κ3) is 5.34. The molecule has 0 aliphatic heterocycles. The van der Waals surface area contributed by atoms with Crippen LogP contribution in [0.15, 0.2) is 29.2 Å². The molecule has 0 spiro atoms. The Kier molecular flexibility index (Phi) is 8.30. The molecule has 2 aromatic rings. The van der Waals surface area contributed by atoms with Gasteiger partial charge in [0.15, 0.2) is 0 Å². The highest BCUT2D eigenvalue weighted by atomic mass is 35.5. The zero-order chi connectivity index (χ0) is 22.6. The van der Waals surface area contributed by atoms with Crippen molar-refractivity contribution < 1.29 is 17.9 Å². The molecule has 0 aliphatic carbocycles. The molecular formula is C21H26Cl2N2O4S. The zero-order valence-electron chi connectivity index (χ0n) is 17.7. The number of sulfonamides is 1. The summed E-state index contributed by atoms with van der Waals surface area (Å²) < 4.78 is 33.0. The number of anilines is 1. The molecule has 9 heteroatoms. The van der Waals surface area contributed by atoms with Crippen molar-refractivity contribution in [2.45, 2.75) is 32.6 Å². The van der Waals surface area contributed by atoms with E-state index in [1.165, 1.54) is 7.11 Å². The molecule has 0 unspecified atom stereocenters. The molecule has 0 radical (unpaired) electrons. The summed E-state index contributed by atoms with van der Waals surface area (Å²) in [6.07, 6.45) is 0. The van der Waals surface area contributed by atoms with E-state index in [0.717, 1.165) is 15.4 Å². The van der Waals surface area contributed by atoms with Gasteiger partial charge in [0, 0.05) is 24.4 Å². The molecule has 2 aromatic carbocycles. The molecule has 6 nitrogen and oxygen atoms in total. The number of benzene rings is 2. The molecule has 0 heterocycles. The molecule has 1 N–H and O–H groups in total. The summed E-state index contributed by atoms with van der Waals surface area (Å²) in [5.41, 5.74) is 3.45. The Labute approximate surface area is 188 Å². The van der Waals surface area contributed by atoms with Crippen molar-refractivity contribution in [2.24, 2.45) is 0 Å². The summed E-state index contributed by atoms with van der Waals surface area (Å²) in [4.78, 5) is 12.6. The van der Waals surface area contributed by atoms with Gasteiger partial charge in [-0.3, -0.25) is 4.79 Å². The quantitative estimate of drug-likeness (QED) is 0.613. The van der Waals surface area contributed by atoms with Gasteiger partial charge in [0.1, 0.15) is 4.90 Å². The predicted octanol–water partition coefficient (Wildman–Crippen LogP) is 4.50. The van der Waals surface area contributed by atoms with Crippen LogP contribution in [0.25, 0.3) is 0 Å². The van der Waals surface area contributed by atoms with Crippen molar-refractivity contribution >= 4 is 44.8 Å². The Hall–Kier alpha value is -1.64. The maximum atomic E-state index is 13.4. The summed E-state index contributed by atoms with van der Waals surface area (Å²) in [5.74, 6) is -0.462. The van der Waals surface area contributed by atoms with Gasteiger partial charge >= 0.3 is 0 Å². The van der Waals surface area contributed by atoms with Gasteiger partial charge in [-0.25, -0.2) is 8.42 Å². The first-order valence-corrected chi connectivity index (χ1v) is 11.5. The second-order valence-electron chi connectivity index (χ2n) is 7.07. The van der Waals surface area contributed by atoms with Crippen LogP contribution in [0.3, 0.4) is 0 Å². The second kappa shape index (κ2) is 10.1. The van der Waals surface area contributed by atoms with E-state index in [9.17, 15) is 13.2 Å². The third-order valence-corrected chi connectivity index (χ3v) is 7.94. The fourth-order valence-electron chi connectivity index (χ4n) is 2.96. The number of rotatable bonds is 8. The first-order valence-electron chi connectivity index (χ1n) is 9.31. The molecule has 0 atom stereocenters. The lowest BCUT2D eigenvalue weighted by Crippen LogP contribution is -2.40. The predicted molar refractivity (Wildman–Crippen MR) is 121 cm³/mol. The number of aryl methyl sites for hydroxylation is 2. The van der Waals surface area contributed by atoms with E-state index in [1.54, 1.807) is 26.0 Å². The number of methoxy groups -OCH3 is 1. The SMILES string of the molecule is COCCN(CC(=O)Nc1cccc(C)c1C)S(=O)(=O)c1c(C)c(Cl)cc(C)c1Cl. The highest BCUT2D eigenvalue weighted by Crippen LogP contribution is 2.35. The van der Waals surface area contributed by atoms with Crippen LogP contribution in [0.4, 0.5) is 5.69 Å². The van der Waals surface area contributed by atoms with Crippen LogP contribution in [-0.2, 0) is 19.6 Å². The number of carbonyl (C=O) groups is 1. The van der Waals surface area contributed by atoms with E-state index < -0.39 is 15.9 Å². The lowest BCUT2D eigenvalue weighted by molar-refractivity contribution is -0.116. The van der Waals surface area contributed by atoms with Crippen LogP contribution in [-0.4, -0.2) is 45.4 Å². The van der Waals surface area contributed by atoms with Crippen LogP contribution < -0.4 is 5.32 Å². The summed E-state index contributed by atoms with van der Waals surface area (Å²) >= 11 is 12.5. The first-order chi connectivity index (χ1) is 14.0. The summed E-state index contributed by atoms with van der Waals surface area (Å²) in [6.45, 7) is 6.81. The number of ether oxygens (including phenoxy) is 1. The Bertz CT molecular complexity index is 1030. The van der Waals surface area contributed by atoms with Crippen LogP contribution in [0.2, 0.25) is 10.0 Å². The van der Waals surface area contributed by atoms with E-state index in [2.05, 4.69) is 5.32 Å². The van der Waals surface area contributed by atoms with Gasteiger partial charge in [-0.2, -0.15) is 4.31 Å². The molecule has 0 fully saturated rings. The van der Waals surface area contributed by atoms with Gasteiger partial charge in [-0.1, -0.05) is 35.3 Å². The fraction of sp³-hybridized carbons (Fsp3) is 0.381. The van der Waals surface area contributed by atoms with E-state index in [0.29, 0.717) is 21.8 Å². The van der Waals surface area contributed by atoms with E-state index >= 15 is 0 Å². The Morgan fingerprint density at radius 3 is 2.40 bits per heavy atom. The molecule has 2 rings (SSSR count). The largest absolute Gasteiger partial charge is 0.383 e. The molecule has 30 heavy (non-hydrogen) atoms. The topological polar surface area (TPSA) is 75.7 Å². The number of nitrogens with zero attached hydrogens (tertiary/aromatic N) is 1. The maximum absolute atomic E-state index is 13.4. The number of amides is 1. The van der Waals surface area contributed by atoms with Crippen molar-refractivity contribution in [3.8, 4) is 0 Å². The van der Waals surface area contributed by atoms with Gasteiger partial charge in [-0.15, -0.1) is 0 Å². The average Bonchev–Trinajstić information content (AvgIpc) is 2.67. The van der Waals surface area contributed by atoms with Crippen molar-refractivity contribution in [1.29, 1.82) is 0 Å². The van der Waals surface area contributed by atoms with Crippen LogP contribution in [0.1, 0.15) is 22.3 Å². The van der Waals surface area contributed by atoms with E-state index in [4.69, 9.17) is 27.9 Å². The first kappa shape index (κ1) is 24.6. The van der Waals surface area contributed by atoms with Crippen molar-refractivity contribution in [2.75, 3.05) is 32.1 Å². The second-order valence-corrected chi connectivity index (χ2v) is 9.73. The monoisotopic (exact) mass is 472 g/mol. The molecule has 0 bridgehead atoms. The van der Waals surface area contributed by atoms with Crippen LogP contribution in [0, 0.1) is 27.7 Å². The normalized spacial score (nSPS) is 11.7. The molecule has 0 aromatic heterocycles. The number of halogens is 2. The Balaban J connectivity index is 2.40.